The highest BCUT2D eigenvalue weighted by Gasteiger charge is 2.57. The monoisotopic (exact) mass is 894 g/mol. The summed E-state index contributed by atoms with van der Waals surface area (Å²) in [7, 11) is 0. The standard InChI is InChI=1S/C54H75N3O8/c1-34(60)29-56-30-45-43-10-8-11-46(43)54(21-6-7-22-54)28-48-44(45)27-47(57-48)50(62)33-64-52-24-35(15-20-49(52)61)13-18-41-26-39(32-59)51(65-41)12-5-3-2-4-9-40(55)25-38-17-16-37-23-36(31-58)14-19-42(37)53(38)63/h14-17,19-20,23-24,26-27,34,38,40,43,45-46,50-51,53,56,58-63H,2-13,18,21-22,25,28-33,55H2,1H3. The summed E-state index contributed by atoms with van der Waals surface area (Å²) in [6.07, 6.45) is 23.8. The molecule has 11 nitrogen and oxygen atoms in total. The summed E-state index contributed by atoms with van der Waals surface area (Å²) in [5, 5.41) is 66.4. The van der Waals surface area contributed by atoms with Crippen LogP contribution in [0.2, 0.25) is 0 Å². The Morgan fingerprint density at radius 3 is 2.63 bits per heavy atom. The first-order chi connectivity index (χ1) is 31.5. The third kappa shape index (κ3) is 11.3. The van der Waals surface area contributed by atoms with Gasteiger partial charge in [0.1, 0.15) is 12.2 Å². The van der Waals surface area contributed by atoms with Gasteiger partial charge in [-0.05, 0) is 116 Å². The fraction of sp³-hybridized carbons (Fsp3) is 0.611. The maximum Gasteiger partial charge on any atom is 0.190 e. The highest BCUT2D eigenvalue weighted by molar-refractivity contribution is 6.04. The Balaban J connectivity index is 0.772. The number of nitrogens with one attached hydrogen (secondary N) is 1. The van der Waals surface area contributed by atoms with E-state index in [-0.39, 0.29) is 43.6 Å². The molecule has 3 fully saturated rings. The molecule has 8 rings (SSSR count). The number of allylic oxidation sites excluding steroid dienone is 1. The Morgan fingerprint density at radius 2 is 1.83 bits per heavy atom. The minimum atomic E-state index is -0.949. The molecule has 2 heterocycles. The van der Waals surface area contributed by atoms with E-state index in [0.717, 1.165) is 97.6 Å². The Labute approximate surface area is 386 Å². The molecule has 9 unspecified atom stereocenters. The van der Waals surface area contributed by atoms with E-state index >= 15 is 0 Å². The zero-order valence-corrected chi connectivity index (χ0v) is 38.6. The molecule has 0 amide bonds. The van der Waals surface area contributed by atoms with Gasteiger partial charge >= 0.3 is 0 Å². The number of ether oxygens (including phenoxy) is 2. The molecule has 11 heteroatoms. The Morgan fingerprint density at radius 1 is 1.02 bits per heavy atom. The van der Waals surface area contributed by atoms with Gasteiger partial charge in [-0.2, -0.15) is 12.0 Å². The molecule has 65 heavy (non-hydrogen) atoms. The normalized spacial score (nSPS) is 26.8. The summed E-state index contributed by atoms with van der Waals surface area (Å²) in [4.78, 5) is 5.13. The molecule has 354 valence electrons. The van der Waals surface area contributed by atoms with Crippen molar-refractivity contribution in [1.29, 1.82) is 0 Å². The fourth-order valence-corrected chi connectivity index (χ4v) is 12.3. The molecule has 2 aromatic carbocycles. The number of fused-ring (bicyclic) bond motifs is 4. The average Bonchev–Trinajstić information content (AvgIpc) is 4.13. The van der Waals surface area contributed by atoms with Crippen LogP contribution >= 0.6 is 0 Å². The number of nitrogens with two attached hydrogens (primary N) is 1. The molecule has 2 aromatic rings. The van der Waals surface area contributed by atoms with Crippen molar-refractivity contribution in [3.05, 3.63) is 100 Å². The van der Waals surface area contributed by atoms with Crippen LogP contribution in [0.4, 0.5) is 0 Å². The minimum Gasteiger partial charge on any atom is -0.592 e. The number of phenols is 1. The van der Waals surface area contributed by atoms with Crippen molar-refractivity contribution in [2.45, 2.75) is 153 Å². The van der Waals surface area contributed by atoms with Gasteiger partial charge in [0.15, 0.2) is 29.4 Å². The van der Waals surface area contributed by atoms with Gasteiger partial charge in [0.2, 0.25) is 0 Å². The highest BCUT2D eigenvalue weighted by Crippen LogP contribution is 2.60. The molecule has 9 atom stereocenters. The SMILES string of the molecule is CC(O)CNCC1C2=C[C+](C(O)COc3cc(CCC4=C[C-](CO)C(CCCCCCC(N)CC5C=Cc6cc(CO)ccc6C5O)O4)ccc3O)N=C2CC2(CCCC2)C2CCCC12. The highest BCUT2D eigenvalue weighted by atomic mass is 16.5. The zero-order chi connectivity index (χ0) is 45.5. The molecule has 0 saturated heterocycles. The van der Waals surface area contributed by atoms with E-state index in [1.165, 1.54) is 50.5 Å². The van der Waals surface area contributed by atoms with E-state index in [4.69, 9.17) is 20.2 Å². The first-order valence-corrected chi connectivity index (χ1v) is 24.9. The maximum atomic E-state index is 11.5. The summed E-state index contributed by atoms with van der Waals surface area (Å²) in [5.74, 6) is 3.64. The van der Waals surface area contributed by atoms with Crippen LogP contribution in [0.1, 0.15) is 138 Å². The van der Waals surface area contributed by atoms with Gasteiger partial charge in [-0.25, -0.2) is 0 Å². The number of aliphatic hydroxyl groups excluding tert-OH is 5. The summed E-state index contributed by atoms with van der Waals surface area (Å²) in [6.45, 7) is 3.08. The van der Waals surface area contributed by atoms with Crippen LogP contribution in [0.5, 0.6) is 11.5 Å². The van der Waals surface area contributed by atoms with Crippen molar-refractivity contribution in [3.63, 3.8) is 0 Å². The second-order valence-corrected chi connectivity index (χ2v) is 20.3. The van der Waals surface area contributed by atoms with E-state index in [1.54, 1.807) is 6.07 Å². The molecular formula is C54H75N3O8. The van der Waals surface area contributed by atoms with Crippen molar-refractivity contribution in [1.82, 2.24) is 5.32 Å². The number of aliphatic imine (C=N–C) groups is 1. The van der Waals surface area contributed by atoms with E-state index in [2.05, 4.69) is 17.5 Å². The molecule has 6 aliphatic rings. The first-order valence-electron chi connectivity index (χ1n) is 24.9. The number of hydrogen-bond acceptors (Lipinski definition) is 11. The lowest BCUT2D eigenvalue weighted by atomic mass is 9.66. The number of aryl methyl sites for hydroxylation is 1. The number of phenolic OH excluding ortho intramolecular Hbond substituents is 1. The molecule has 0 radical (unpaired) electrons. The fourth-order valence-electron chi connectivity index (χ4n) is 12.3. The van der Waals surface area contributed by atoms with Crippen LogP contribution in [0.3, 0.4) is 0 Å². The molecule has 9 N–H and O–H groups in total. The quantitative estimate of drug-likeness (QED) is 0.0429. The second kappa shape index (κ2) is 21.9. The van der Waals surface area contributed by atoms with Crippen LogP contribution in [-0.4, -0.2) is 87.0 Å². The minimum absolute atomic E-state index is 0.00586. The number of hydrogen-bond donors (Lipinski definition) is 8. The number of nitrogens with zero attached hydrogens (tertiary/aromatic N) is 1. The Bertz CT molecular complexity index is 2020. The van der Waals surface area contributed by atoms with Crippen molar-refractivity contribution in [2.75, 3.05) is 26.3 Å². The predicted octanol–water partition coefficient (Wildman–Crippen LogP) is 7.72. The summed E-state index contributed by atoms with van der Waals surface area (Å²) in [5.41, 5.74) is 12.9. The lowest BCUT2D eigenvalue weighted by Gasteiger charge is -2.37. The van der Waals surface area contributed by atoms with E-state index in [9.17, 15) is 30.6 Å². The van der Waals surface area contributed by atoms with Gasteiger partial charge in [0.25, 0.3) is 0 Å². The number of aliphatic hydroxyl groups is 5. The predicted molar refractivity (Wildman–Crippen MR) is 255 cm³/mol. The Hall–Kier alpha value is -3.81. The van der Waals surface area contributed by atoms with Gasteiger partial charge < -0.3 is 51.2 Å². The van der Waals surface area contributed by atoms with Crippen molar-refractivity contribution in [3.8, 4) is 11.5 Å². The number of unbranched alkanes of at least 4 members (excludes halogenated alkanes) is 3. The molecule has 0 bridgehead atoms. The van der Waals surface area contributed by atoms with Crippen LogP contribution in [-0.2, 0) is 17.8 Å². The van der Waals surface area contributed by atoms with Crippen LogP contribution in [0.25, 0.3) is 6.08 Å². The second-order valence-electron chi connectivity index (χ2n) is 20.3. The molecule has 4 aliphatic carbocycles. The summed E-state index contributed by atoms with van der Waals surface area (Å²) < 4.78 is 12.5. The van der Waals surface area contributed by atoms with Crippen molar-refractivity contribution in [2.24, 2.45) is 39.8 Å². The largest absolute Gasteiger partial charge is 0.592 e. The molecule has 0 aromatic heterocycles. The van der Waals surface area contributed by atoms with Crippen molar-refractivity contribution >= 4 is 11.8 Å². The van der Waals surface area contributed by atoms with Crippen LogP contribution in [0, 0.1) is 41.0 Å². The molecular weight excluding hydrogens is 819 g/mol. The first kappa shape index (κ1) is 47.7. The van der Waals surface area contributed by atoms with Crippen molar-refractivity contribution < 1.29 is 40.1 Å². The lowest BCUT2D eigenvalue weighted by Crippen LogP contribution is -2.37. The van der Waals surface area contributed by atoms with E-state index in [0.29, 0.717) is 54.3 Å². The number of rotatable bonds is 22. The van der Waals surface area contributed by atoms with E-state index < -0.39 is 18.3 Å². The van der Waals surface area contributed by atoms with Crippen LogP contribution < -0.4 is 15.8 Å². The van der Waals surface area contributed by atoms with Gasteiger partial charge in [-0.1, -0.05) is 87.5 Å². The maximum absolute atomic E-state index is 11.5. The van der Waals surface area contributed by atoms with E-state index in [1.807, 2.05) is 49.4 Å². The zero-order valence-electron chi connectivity index (χ0n) is 38.6. The van der Waals surface area contributed by atoms with Crippen LogP contribution in [0.15, 0.2) is 71.0 Å². The van der Waals surface area contributed by atoms with Gasteiger partial charge in [0, 0.05) is 37.8 Å². The topological polar surface area (TPSA) is 190 Å². The summed E-state index contributed by atoms with van der Waals surface area (Å²) >= 11 is 0. The molecule has 1 spiro atoms. The Kier molecular flexibility index (Phi) is 16.0. The lowest BCUT2D eigenvalue weighted by molar-refractivity contribution is 0.113. The van der Waals surface area contributed by atoms with Gasteiger partial charge in [-0.15, -0.1) is 4.99 Å². The summed E-state index contributed by atoms with van der Waals surface area (Å²) in [6, 6.07) is 11.7. The number of aromatic hydroxyl groups is 1. The average molecular weight is 894 g/mol. The van der Waals surface area contributed by atoms with Gasteiger partial charge in [0.05, 0.1) is 37.2 Å². The smallest absolute Gasteiger partial charge is 0.190 e. The molecule has 3 saturated carbocycles. The third-order valence-corrected chi connectivity index (χ3v) is 15.7. The van der Waals surface area contributed by atoms with Gasteiger partial charge in [-0.3, -0.25) is 0 Å². The third-order valence-electron chi connectivity index (χ3n) is 15.7. The number of benzene rings is 2. The molecule has 2 aliphatic heterocycles.